The molecule has 1 aliphatic heterocycles. The lowest BCUT2D eigenvalue weighted by Crippen LogP contribution is -2.65. The van der Waals surface area contributed by atoms with Crippen molar-refractivity contribution in [3.63, 3.8) is 0 Å². The zero-order valence-corrected chi connectivity index (χ0v) is 25.6. The number of nitrogens with zero attached hydrogens (tertiary/aromatic N) is 2. The van der Waals surface area contributed by atoms with Crippen LogP contribution < -0.4 is 21.8 Å². The number of aryl methyl sites for hydroxylation is 1. The van der Waals surface area contributed by atoms with E-state index in [1.807, 2.05) is 13.0 Å². The first-order valence-corrected chi connectivity index (χ1v) is 15.2. The van der Waals surface area contributed by atoms with Crippen LogP contribution in [0.15, 0.2) is 17.1 Å². The van der Waals surface area contributed by atoms with Gasteiger partial charge < -0.3 is 25.7 Å². The molecule has 6 atom stereocenters. The predicted octanol–water partition coefficient (Wildman–Crippen LogP) is 2.83. The summed E-state index contributed by atoms with van der Waals surface area (Å²) in [4.78, 5) is 42.7. The van der Waals surface area contributed by atoms with Crippen molar-refractivity contribution in [1.82, 2.24) is 16.1 Å². The molecular weight excluding hydrogens is 547 g/mol. The second kappa shape index (κ2) is 12.3. The number of thiophene rings is 1. The van der Waals surface area contributed by atoms with Gasteiger partial charge in [-0.1, -0.05) is 33.1 Å². The zero-order chi connectivity index (χ0) is 30.1. The standard InChI is InChI=1S/C27H43BN6O6S/c1-15(2)12-22(28-39-21-14-17-13-20(26(17,4)5)27(21,6)40-28)32-23(35)18(8-7-11-30-25(29)33-34(37)38)31-24(36)19-10-9-16(3)41-19/h9-10,15,17-18,20-22H,7-8,11-14H2,1-6H3,(H,31,36)(H,32,35)(H3,29,30,33)/t17-,18-,20-,21+,22-,27-/m0/s1. The van der Waals surface area contributed by atoms with E-state index in [9.17, 15) is 19.7 Å². The number of hydrogen-bond acceptors (Lipinski definition) is 8. The maximum Gasteiger partial charge on any atom is 0.481 e. The van der Waals surface area contributed by atoms with Crippen molar-refractivity contribution in [2.45, 2.75) is 97.3 Å². The Kier molecular flexibility index (Phi) is 9.34. The number of nitro groups is 1. The molecule has 0 spiro atoms. The molecule has 226 valence electrons. The molecule has 3 saturated carbocycles. The van der Waals surface area contributed by atoms with Crippen molar-refractivity contribution in [2.75, 3.05) is 6.54 Å². The van der Waals surface area contributed by atoms with Crippen molar-refractivity contribution in [3.8, 4) is 0 Å². The molecule has 1 aromatic rings. The summed E-state index contributed by atoms with van der Waals surface area (Å²) in [6, 6.07) is 2.73. The Bertz CT molecular complexity index is 1180. The number of hydrogen-bond donors (Lipinski definition) is 4. The lowest BCUT2D eigenvalue weighted by atomic mass is 9.43. The first kappa shape index (κ1) is 31.2. The Labute approximate surface area is 245 Å². The molecule has 0 radical (unpaired) electrons. The van der Waals surface area contributed by atoms with Gasteiger partial charge in [-0.15, -0.1) is 11.3 Å². The smallest absolute Gasteiger partial charge is 0.404 e. The number of aliphatic imine (C=N–C) groups is 1. The van der Waals surface area contributed by atoms with E-state index >= 15 is 0 Å². The van der Waals surface area contributed by atoms with Crippen LogP contribution in [-0.4, -0.2) is 60.2 Å². The first-order chi connectivity index (χ1) is 19.2. The summed E-state index contributed by atoms with van der Waals surface area (Å²) in [5, 5.41) is 15.8. The number of carbonyl (C=O) groups is 2. The number of nitrogens with two attached hydrogens (primary N) is 1. The van der Waals surface area contributed by atoms with E-state index in [-0.39, 0.29) is 48.2 Å². The van der Waals surface area contributed by atoms with Crippen LogP contribution >= 0.6 is 11.3 Å². The normalized spacial score (nSPS) is 27.9. The van der Waals surface area contributed by atoms with Gasteiger partial charge in [0.15, 0.2) is 5.03 Å². The fourth-order valence-corrected chi connectivity index (χ4v) is 7.55. The monoisotopic (exact) mass is 590 g/mol. The quantitative estimate of drug-likeness (QED) is 0.0719. The van der Waals surface area contributed by atoms with Crippen molar-refractivity contribution in [1.29, 1.82) is 0 Å². The molecule has 0 aromatic carbocycles. The Balaban J connectivity index is 1.46. The van der Waals surface area contributed by atoms with Gasteiger partial charge in [0.2, 0.25) is 5.91 Å². The Morgan fingerprint density at radius 1 is 1.27 bits per heavy atom. The maximum absolute atomic E-state index is 13.7. The fourth-order valence-electron chi connectivity index (χ4n) is 6.78. The average molecular weight is 591 g/mol. The van der Waals surface area contributed by atoms with Gasteiger partial charge in [-0.25, -0.2) is 15.1 Å². The molecule has 2 heterocycles. The lowest BCUT2D eigenvalue weighted by molar-refractivity contribution is -0.525. The highest BCUT2D eigenvalue weighted by Crippen LogP contribution is 2.65. The van der Waals surface area contributed by atoms with Crippen molar-refractivity contribution in [3.05, 3.63) is 32.0 Å². The van der Waals surface area contributed by atoms with Crippen molar-refractivity contribution in [2.24, 2.45) is 33.9 Å². The molecule has 2 amide bonds. The molecular formula is C27H43BN6O6S. The van der Waals surface area contributed by atoms with Gasteiger partial charge in [0.05, 0.1) is 22.5 Å². The van der Waals surface area contributed by atoms with Crippen molar-refractivity contribution >= 4 is 36.2 Å². The SMILES string of the molecule is Cc1ccc(C(=O)N[C@@H](CCCN=C(N)N[N+](=O)[O-])C(=O)N[C@@H](CC(C)C)B2O[C@@H]3C[C@@H]4C[C@@H](C4(C)C)[C@]3(C)O2)s1. The van der Waals surface area contributed by atoms with Crippen LogP contribution in [0.4, 0.5) is 0 Å². The topological polar surface area (TPSA) is 170 Å². The van der Waals surface area contributed by atoms with Gasteiger partial charge >= 0.3 is 7.12 Å². The Hall–Kier alpha value is -2.71. The van der Waals surface area contributed by atoms with E-state index in [2.05, 4.69) is 50.2 Å². The molecule has 5 N–H and O–H groups in total. The Morgan fingerprint density at radius 2 is 2.00 bits per heavy atom. The van der Waals surface area contributed by atoms with Crippen LogP contribution in [0.25, 0.3) is 0 Å². The first-order valence-electron chi connectivity index (χ1n) is 14.4. The number of rotatable bonds is 12. The minimum absolute atomic E-state index is 0.00972. The summed E-state index contributed by atoms with van der Waals surface area (Å²) in [6.45, 7) is 13.0. The van der Waals surface area contributed by atoms with E-state index in [4.69, 9.17) is 15.0 Å². The van der Waals surface area contributed by atoms with Gasteiger partial charge in [-0.05, 0) is 81.3 Å². The molecule has 1 saturated heterocycles. The van der Waals surface area contributed by atoms with E-state index in [0.717, 1.165) is 17.7 Å². The van der Waals surface area contributed by atoms with Crippen LogP contribution in [0, 0.1) is 40.2 Å². The largest absolute Gasteiger partial charge is 0.481 e. The summed E-state index contributed by atoms with van der Waals surface area (Å²) in [7, 11) is -0.583. The number of amides is 2. The van der Waals surface area contributed by atoms with E-state index < -0.39 is 29.7 Å². The Morgan fingerprint density at radius 3 is 2.61 bits per heavy atom. The highest BCUT2D eigenvalue weighted by atomic mass is 32.1. The third-order valence-corrected chi connectivity index (χ3v) is 10.1. The molecule has 2 bridgehead atoms. The highest BCUT2D eigenvalue weighted by Gasteiger charge is 2.68. The third kappa shape index (κ3) is 6.86. The zero-order valence-electron chi connectivity index (χ0n) is 24.8. The van der Waals surface area contributed by atoms with E-state index in [1.165, 1.54) is 11.3 Å². The minimum atomic E-state index is -0.856. The molecule has 4 aliphatic rings. The predicted molar refractivity (Wildman–Crippen MR) is 158 cm³/mol. The highest BCUT2D eigenvalue weighted by molar-refractivity contribution is 7.13. The van der Waals surface area contributed by atoms with Gasteiger partial charge in [0.25, 0.3) is 11.9 Å². The number of guanidine groups is 1. The molecule has 5 rings (SSSR count). The van der Waals surface area contributed by atoms with Gasteiger partial charge in [-0.2, -0.15) is 0 Å². The van der Waals surface area contributed by atoms with Crippen LogP contribution in [0.3, 0.4) is 0 Å². The van der Waals surface area contributed by atoms with Crippen LogP contribution in [0.5, 0.6) is 0 Å². The van der Waals surface area contributed by atoms with Gasteiger partial charge in [0.1, 0.15) is 6.04 Å². The third-order valence-electron chi connectivity index (χ3n) is 9.08. The molecule has 12 nitrogen and oxygen atoms in total. The van der Waals surface area contributed by atoms with Crippen LogP contribution in [0.2, 0.25) is 0 Å². The summed E-state index contributed by atoms with van der Waals surface area (Å²) < 4.78 is 13.2. The lowest BCUT2D eigenvalue weighted by Gasteiger charge is -2.64. The van der Waals surface area contributed by atoms with Gasteiger partial charge in [0, 0.05) is 11.4 Å². The molecule has 3 aliphatic carbocycles. The second-order valence-corrected chi connectivity index (χ2v) is 14.1. The summed E-state index contributed by atoms with van der Waals surface area (Å²) in [5.74, 6) is -0.113. The molecule has 1 aromatic heterocycles. The number of nitrogens with one attached hydrogen (secondary N) is 3. The fraction of sp³-hybridized carbons (Fsp3) is 0.741. The van der Waals surface area contributed by atoms with E-state index in [0.29, 0.717) is 29.6 Å². The molecule has 14 heteroatoms. The molecule has 4 fully saturated rings. The molecule has 41 heavy (non-hydrogen) atoms. The number of carbonyl (C=O) groups excluding carboxylic acids is 2. The number of hydrazine groups is 1. The molecule has 0 unspecified atom stereocenters. The van der Waals surface area contributed by atoms with Crippen LogP contribution in [-0.2, 0) is 14.1 Å². The van der Waals surface area contributed by atoms with Crippen LogP contribution in [0.1, 0.15) is 81.3 Å². The summed E-state index contributed by atoms with van der Waals surface area (Å²) in [6.07, 6.45) is 3.35. The van der Waals surface area contributed by atoms with Crippen molar-refractivity contribution < 1.29 is 23.9 Å². The second-order valence-electron chi connectivity index (χ2n) is 12.8. The average Bonchev–Trinajstić information content (AvgIpc) is 3.47. The maximum atomic E-state index is 13.7. The summed E-state index contributed by atoms with van der Waals surface area (Å²) >= 11 is 1.35. The summed E-state index contributed by atoms with van der Waals surface area (Å²) in [5.41, 5.74) is 7.10. The van der Waals surface area contributed by atoms with E-state index in [1.54, 1.807) is 11.5 Å². The van der Waals surface area contributed by atoms with Gasteiger partial charge in [-0.3, -0.25) is 9.59 Å². The minimum Gasteiger partial charge on any atom is -0.404 e.